The average molecular weight is 382 g/mol. The molecule has 1 aliphatic rings. The standard InChI is InChI=1S/C23H18N4O2/c1-5-8-29-19-7-6-15(10-20(19)28-4)9-16-13(2)17(11-24)22-21(16)14(3)18(12-25)23(26)27-22/h1,6-7,9-10H,8H2,2-4H3,(H2,26,27). The van der Waals surface area contributed by atoms with Crippen molar-refractivity contribution < 1.29 is 9.47 Å². The predicted molar refractivity (Wildman–Crippen MR) is 112 cm³/mol. The highest BCUT2D eigenvalue weighted by molar-refractivity contribution is 6.08. The van der Waals surface area contributed by atoms with Crippen LogP contribution in [0.1, 0.15) is 34.9 Å². The Morgan fingerprint density at radius 1 is 1.21 bits per heavy atom. The van der Waals surface area contributed by atoms with Crippen LogP contribution in [0.25, 0.3) is 17.2 Å². The third-order valence-corrected chi connectivity index (χ3v) is 4.79. The van der Waals surface area contributed by atoms with Crippen molar-refractivity contribution in [3.63, 3.8) is 0 Å². The molecule has 142 valence electrons. The van der Waals surface area contributed by atoms with E-state index in [1.54, 1.807) is 13.2 Å². The van der Waals surface area contributed by atoms with Gasteiger partial charge in [0.2, 0.25) is 0 Å². The molecule has 0 saturated carbocycles. The number of hydrogen-bond donors (Lipinski definition) is 1. The number of anilines is 1. The zero-order valence-electron chi connectivity index (χ0n) is 16.3. The second-order valence-corrected chi connectivity index (χ2v) is 6.41. The Morgan fingerprint density at radius 2 is 1.97 bits per heavy atom. The molecule has 0 bridgehead atoms. The van der Waals surface area contributed by atoms with E-state index in [1.807, 2.05) is 32.1 Å². The molecule has 0 radical (unpaired) electrons. The zero-order valence-corrected chi connectivity index (χ0v) is 16.3. The maximum atomic E-state index is 9.64. The van der Waals surface area contributed by atoms with Crippen molar-refractivity contribution >= 4 is 23.0 Å². The summed E-state index contributed by atoms with van der Waals surface area (Å²) in [6.45, 7) is 3.81. The molecule has 2 N–H and O–H groups in total. The Balaban J connectivity index is 2.19. The Bertz CT molecular complexity index is 1200. The summed E-state index contributed by atoms with van der Waals surface area (Å²) in [5.41, 5.74) is 11.1. The molecule has 0 spiro atoms. The maximum Gasteiger partial charge on any atom is 0.162 e. The number of ether oxygens (including phenoxy) is 2. The zero-order chi connectivity index (χ0) is 21.1. The molecule has 1 heterocycles. The van der Waals surface area contributed by atoms with E-state index in [9.17, 15) is 10.5 Å². The van der Waals surface area contributed by atoms with Gasteiger partial charge in [0.05, 0.1) is 23.9 Å². The lowest BCUT2D eigenvalue weighted by Gasteiger charge is -2.12. The monoisotopic (exact) mass is 382 g/mol. The molecule has 0 aliphatic heterocycles. The molecular formula is C23H18N4O2. The minimum atomic E-state index is 0.127. The average Bonchev–Trinajstić information content (AvgIpc) is 2.97. The van der Waals surface area contributed by atoms with Crippen LogP contribution in [0.2, 0.25) is 0 Å². The van der Waals surface area contributed by atoms with E-state index in [-0.39, 0.29) is 12.4 Å². The third kappa shape index (κ3) is 3.27. The molecule has 1 aromatic carbocycles. The van der Waals surface area contributed by atoms with Crippen LogP contribution < -0.4 is 15.2 Å². The highest BCUT2D eigenvalue weighted by atomic mass is 16.5. The number of rotatable bonds is 4. The number of nitrogen functional groups attached to an aromatic ring is 1. The first-order valence-corrected chi connectivity index (χ1v) is 8.75. The first-order chi connectivity index (χ1) is 14.0. The van der Waals surface area contributed by atoms with Crippen molar-refractivity contribution in [1.29, 1.82) is 10.5 Å². The van der Waals surface area contributed by atoms with Crippen molar-refractivity contribution in [2.75, 3.05) is 19.5 Å². The summed E-state index contributed by atoms with van der Waals surface area (Å²) in [5.74, 6) is 3.63. The normalized spacial score (nSPS) is 13.4. The lowest BCUT2D eigenvalue weighted by Crippen LogP contribution is -2.03. The van der Waals surface area contributed by atoms with E-state index in [0.717, 1.165) is 22.3 Å². The van der Waals surface area contributed by atoms with Crippen molar-refractivity contribution in [2.24, 2.45) is 0 Å². The smallest absolute Gasteiger partial charge is 0.162 e. The van der Waals surface area contributed by atoms with Gasteiger partial charge < -0.3 is 15.2 Å². The Kier molecular flexibility index (Phi) is 5.26. The van der Waals surface area contributed by atoms with E-state index < -0.39 is 0 Å². The summed E-state index contributed by atoms with van der Waals surface area (Å²) in [6, 6.07) is 9.77. The fraction of sp³-hybridized carbons (Fsp3) is 0.174. The molecular weight excluding hydrogens is 364 g/mol. The van der Waals surface area contributed by atoms with Gasteiger partial charge in [-0.25, -0.2) is 4.98 Å². The number of nitriles is 2. The van der Waals surface area contributed by atoms with Gasteiger partial charge in [-0.15, -0.1) is 6.42 Å². The fourth-order valence-electron chi connectivity index (χ4n) is 3.37. The molecule has 3 rings (SSSR count). The number of allylic oxidation sites excluding steroid dienone is 3. The predicted octanol–water partition coefficient (Wildman–Crippen LogP) is 3.72. The fourth-order valence-corrected chi connectivity index (χ4v) is 3.37. The minimum Gasteiger partial charge on any atom is -0.493 e. The lowest BCUT2D eigenvalue weighted by molar-refractivity contribution is 0.331. The molecule has 0 unspecified atom stereocenters. The van der Waals surface area contributed by atoms with Gasteiger partial charge in [0.25, 0.3) is 0 Å². The van der Waals surface area contributed by atoms with Crippen LogP contribution in [-0.4, -0.2) is 18.7 Å². The Hall–Kier alpha value is -4.21. The number of fused-ring (bicyclic) bond motifs is 1. The van der Waals surface area contributed by atoms with Crippen molar-refractivity contribution in [3.05, 3.63) is 51.7 Å². The van der Waals surface area contributed by atoms with Gasteiger partial charge in [-0.05, 0) is 54.3 Å². The molecule has 2 aromatic rings. The number of terminal acetylenes is 1. The number of benzene rings is 1. The number of hydrogen-bond acceptors (Lipinski definition) is 6. The molecule has 6 nitrogen and oxygen atoms in total. The first kappa shape index (κ1) is 19.5. The summed E-state index contributed by atoms with van der Waals surface area (Å²) in [5, 5.41) is 19.1. The maximum absolute atomic E-state index is 9.64. The summed E-state index contributed by atoms with van der Waals surface area (Å²) in [6.07, 6.45) is 7.18. The highest BCUT2D eigenvalue weighted by Crippen LogP contribution is 2.44. The molecule has 1 aromatic heterocycles. The molecule has 0 amide bonds. The second-order valence-electron chi connectivity index (χ2n) is 6.41. The van der Waals surface area contributed by atoms with Gasteiger partial charge in [0, 0.05) is 5.56 Å². The van der Waals surface area contributed by atoms with E-state index in [1.165, 1.54) is 0 Å². The molecule has 0 fully saturated rings. The number of methoxy groups -OCH3 is 1. The SMILES string of the molecule is C#CCOc1ccc(C=C2C(C)=C(C#N)c3nc(N)c(C#N)c(C)c32)cc1OC. The van der Waals surface area contributed by atoms with Gasteiger partial charge in [-0.3, -0.25) is 0 Å². The van der Waals surface area contributed by atoms with Crippen LogP contribution in [0.3, 0.4) is 0 Å². The molecule has 0 saturated heterocycles. The van der Waals surface area contributed by atoms with Gasteiger partial charge >= 0.3 is 0 Å². The summed E-state index contributed by atoms with van der Waals surface area (Å²) >= 11 is 0. The second kappa shape index (κ2) is 7.80. The highest BCUT2D eigenvalue weighted by Gasteiger charge is 2.29. The molecule has 29 heavy (non-hydrogen) atoms. The van der Waals surface area contributed by atoms with E-state index in [0.29, 0.717) is 33.9 Å². The minimum absolute atomic E-state index is 0.127. The third-order valence-electron chi connectivity index (χ3n) is 4.79. The van der Waals surface area contributed by atoms with Gasteiger partial charge in [0.1, 0.15) is 24.6 Å². The van der Waals surface area contributed by atoms with E-state index in [2.05, 4.69) is 23.0 Å². The summed E-state index contributed by atoms with van der Waals surface area (Å²) < 4.78 is 10.9. The van der Waals surface area contributed by atoms with Crippen LogP contribution in [0, 0.1) is 41.9 Å². The summed E-state index contributed by atoms with van der Waals surface area (Å²) in [7, 11) is 1.55. The molecule has 1 aliphatic carbocycles. The van der Waals surface area contributed by atoms with Crippen LogP contribution in [-0.2, 0) is 0 Å². The van der Waals surface area contributed by atoms with Crippen LogP contribution in [0.15, 0.2) is 23.8 Å². The molecule has 0 atom stereocenters. The molecule has 6 heteroatoms. The van der Waals surface area contributed by atoms with E-state index >= 15 is 0 Å². The Labute approximate surface area is 169 Å². The number of pyridine rings is 1. The van der Waals surface area contributed by atoms with E-state index in [4.69, 9.17) is 21.6 Å². The largest absolute Gasteiger partial charge is 0.493 e. The first-order valence-electron chi connectivity index (χ1n) is 8.75. The number of nitrogens with zero attached hydrogens (tertiary/aromatic N) is 3. The van der Waals surface area contributed by atoms with Crippen LogP contribution in [0.5, 0.6) is 11.5 Å². The quantitative estimate of drug-likeness (QED) is 0.808. The number of aromatic nitrogens is 1. The van der Waals surface area contributed by atoms with Crippen molar-refractivity contribution in [1.82, 2.24) is 4.98 Å². The van der Waals surface area contributed by atoms with Crippen LogP contribution in [0.4, 0.5) is 5.82 Å². The summed E-state index contributed by atoms with van der Waals surface area (Å²) in [4.78, 5) is 4.33. The van der Waals surface area contributed by atoms with Gasteiger partial charge in [-0.2, -0.15) is 10.5 Å². The van der Waals surface area contributed by atoms with Crippen LogP contribution >= 0.6 is 0 Å². The topological polar surface area (TPSA) is 105 Å². The van der Waals surface area contributed by atoms with Crippen molar-refractivity contribution in [3.8, 4) is 36.0 Å². The van der Waals surface area contributed by atoms with Crippen molar-refractivity contribution in [2.45, 2.75) is 13.8 Å². The lowest BCUT2D eigenvalue weighted by atomic mass is 9.95. The number of nitrogens with two attached hydrogens (primary N) is 1. The van der Waals surface area contributed by atoms with Gasteiger partial charge in [0.15, 0.2) is 11.5 Å². The Morgan fingerprint density at radius 3 is 2.59 bits per heavy atom. The van der Waals surface area contributed by atoms with Gasteiger partial charge in [-0.1, -0.05) is 12.0 Å².